The predicted octanol–water partition coefficient (Wildman–Crippen LogP) is 2.65. The number of hydrogen-bond acceptors (Lipinski definition) is 3. The van der Waals surface area contributed by atoms with E-state index >= 15 is 0 Å². The Labute approximate surface area is 108 Å². The summed E-state index contributed by atoms with van der Waals surface area (Å²) in [6.07, 6.45) is 4.57. The van der Waals surface area contributed by atoms with Gasteiger partial charge in [0, 0.05) is 25.6 Å². The second-order valence-electron chi connectivity index (χ2n) is 5.09. The van der Waals surface area contributed by atoms with E-state index < -0.39 is 0 Å². The molecule has 0 N–H and O–H groups in total. The van der Waals surface area contributed by atoms with Crippen molar-refractivity contribution in [3.8, 4) is 0 Å². The second-order valence-corrected chi connectivity index (χ2v) is 5.40. The number of furan rings is 1. The van der Waals surface area contributed by atoms with Crippen LogP contribution in [0.5, 0.6) is 0 Å². The summed E-state index contributed by atoms with van der Waals surface area (Å²) in [4.78, 5) is 13.8. The molecule has 1 fully saturated rings. The Morgan fingerprint density at radius 1 is 1.59 bits per heavy atom. The van der Waals surface area contributed by atoms with E-state index in [4.69, 9.17) is 4.42 Å². The van der Waals surface area contributed by atoms with Gasteiger partial charge in [0.05, 0.1) is 6.26 Å². The first-order valence-corrected chi connectivity index (χ1v) is 6.57. The van der Waals surface area contributed by atoms with Crippen molar-refractivity contribution in [2.75, 3.05) is 12.8 Å². The molecule has 0 atom stereocenters. The maximum atomic E-state index is 12.1. The van der Waals surface area contributed by atoms with Crippen LogP contribution >= 0.6 is 12.6 Å². The van der Waals surface area contributed by atoms with Crippen molar-refractivity contribution in [1.29, 1.82) is 0 Å². The van der Waals surface area contributed by atoms with Crippen LogP contribution in [0.4, 0.5) is 0 Å². The van der Waals surface area contributed by atoms with Crippen LogP contribution in [-0.4, -0.2) is 23.6 Å². The van der Waals surface area contributed by atoms with E-state index in [1.165, 1.54) is 0 Å². The standard InChI is InChI=1S/C13H19NO2S/c1-10-11(3-6-16-10)8-14(2)12(15)7-13(9-17)4-5-13/h3,6,17H,4-5,7-9H2,1-2H3. The first kappa shape index (κ1) is 12.6. The van der Waals surface area contributed by atoms with Crippen molar-refractivity contribution in [2.45, 2.75) is 32.7 Å². The van der Waals surface area contributed by atoms with E-state index in [0.29, 0.717) is 13.0 Å². The molecule has 1 aromatic rings. The van der Waals surface area contributed by atoms with Gasteiger partial charge >= 0.3 is 0 Å². The maximum Gasteiger partial charge on any atom is 0.223 e. The molecule has 0 unspecified atom stereocenters. The number of carbonyl (C=O) groups excluding carboxylic acids is 1. The number of amides is 1. The van der Waals surface area contributed by atoms with Crippen molar-refractivity contribution in [3.05, 3.63) is 23.7 Å². The summed E-state index contributed by atoms with van der Waals surface area (Å²) >= 11 is 4.33. The average molecular weight is 253 g/mol. The van der Waals surface area contributed by atoms with Crippen LogP contribution in [0.15, 0.2) is 16.7 Å². The molecule has 4 heteroatoms. The fourth-order valence-electron chi connectivity index (χ4n) is 1.94. The van der Waals surface area contributed by atoms with Crippen LogP contribution in [0, 0.1) is 12.3 Å². The number of carbonyl (C=O) groups is 1. The van der Waals surface area contributed by atoms with Crippen molar-refractivity contribution in [1.82, 2.24) is 4.90 Å². The largest absolute Gasteiger partial charge is 0.469 e. The summed E-state index contributed by atoms with van der Waals surface area (Å²) in [7, 11) is 1.85. The lowest BCUT2D eigenvalue weighted by molar-refractivity contribution is -0.131. The zero-order chi connectivity index (χ0) is 12.5. The summed E-state index contributed by atoms with van der Waals surface area (Å²) in [5.74, 6) is 1.91. The highest BCUT2D eigenvalue weighted by Crippen LogP contribution is 2.49. The smallest absolute Gasteiger partial charge is 0.223 e. The molecule has 1 aromatic heterocycles. The topological polar surface area (TPSA) is 33.5 Å². The minimum absolute atomic E-state index is 0.194. The number of thiol groups is 1. The second kappa shape index (κ2) is 4.77. The van der Waals surface area contributed by atoms with Gasteiger partial charge in [-0.15, -0.1) is 0 Å². The molecule has 0 radical (unpaired) electrons. The predicted molar refractivity (Wildman–Crippen MR) is 70.1 cm³/mol. The molecule has 94 valence electrons. The Balaban J connectivity index is 1.90. The molecule has 0 bridgehead atoms. The monoisotopic (exact) mass is 253 g/mol. The van der Waals surface area contributed by atoms with Gasteiger partial charge in [-0.1, -0.05) is 0 Å². The highest BCUT2D eigenvalue weighted by atomic mass is 32.1. The number of nitrogens with zero attached hydrogens (tertiary/aromatic N) is 1. The number of aryl methyl sites for hydroxylation is 1. The van der Waals surface area contributed by atoms with Gasteiger partial charge in [-0.3, -0.25) is 4.79 Å². The average Bonchev–Trinajstić information content (AvgIpc) is 2.97. The molecule has 17 heavy (non-hydrogen) atoms. The van der Waals surface area contributed by atoms with Crippen molar-refractivity contribution >= 4 is 18.5 Å². The van der Waals surface area contributed by atoms with E-state index in [-0.39, 0.29) is 11.3 Å². The minimum atomic E-state index is 0.194. The Morgan fingerprint density at radius 3 is 2.76 bits per heavy atom. The summed E-state index contributed by atoms with van der Waals surface area (Å²) in [5.41, 5.74) is 1.27. The zero-order valence-electron chi connectivity index (χ0n) is 10.4. The highest BCUT2D eigenvalue weighted by molar-refractivity contribution is 7.80. The lowest BCUT2D eigenvalue weighted by Crippen LogP contribution is -2.29. The molecular formula is C13H19NO2S. The van der Waals surface area contributed by atoms with Gasteiger partial charge < -0.3 is 9.32 Å². The van der Waals surface area contributed by atoms with E-state index in [0.717, 1.165) is 29.9 Å². The molecule has 0 saturated heterocycles. The minimum Gasteiger partial charge on any atom is -0.469 e. The summed E-state index contributed by atoms with van der Waals surface area (Å²) in [5, 5.41) is 0. The quantitative estimate of drug-likeness (QED) is 0.818. The van der Waals surface area contributed by atoms with Gasteiger partial charge in [-0.25, -0.2) is 0 Å². The van der Waals surface area contributed by atoms with Gasteiger partial charge in [0.1, 0.15) is 5.76 Å². The van der Waals surface area contributed by atoms with Crippen LogP contribution in [0.1, 0.15) is 30.6 Å². The summed E-state index contributed by atoms with van der Waals surface area (Å²) < 4.78 is 5.23. The molecule has 0 aliphatic heterocycles. The Bertz CT molecular complexity index is 409. The first-order chi connectivity index (χ1) is 8.06. The van der Waals surface area contributed by atoms with Crippen molar-refractivity contribution < 1.29 is 9.21 Å². The Morgan fingerprint density at radius 2 is 2.29 bits per heavy atom. The fourth-order valence-corrected chi connectivity index (χ4v) is 2.37. The van der Waals surface area contributed by atoms with Crippen LogP contribution in [0.3, 0.4) is 0 Å². The fraction of sp³-hybridized carbons (Fsp3) is 0.615. The molecule has 3 nitrogen and oxygen atoms in total. The van der Waals surface area contributed by atoms with Gasteiger partial charge in [-0.2, -0.15) is 12.6 Å². The van der Waals surface area contributed by atoms with Gasteiger partial charge in [0.2, 0.25) is 5.91 Å². The summed E-state index contributed by atoms with van der Waals surface area (Å²) in [6.45, 7) is 2.55. The molecule has 2 rings (SSSR count). The SMILES string of the molecule is Cc1occc1CN(C)C(=O)CC1(CS)CC1. The molecular weight excluding hydrogens is 234 g/mol. The first-order valence-electron chi connectivity index (χ1n) is 5.94. The van der Waals surface area contributed by atoms with Crippen LogP contribution < -0.4 is 0 Å². The lowest BCUT2D eigenvalue weighted by atomic mass is 10.0. The Hall–Kier alpha value is -0.900. The van der Waals surface area contributed by atoms with Crippen LogP contribution in [0.25, 0.3) is 0 Å². The van der Waals surface area contributed by atoms with Crippen LogP contribution in [0.2, 0.25) is 0 Å². The molecule has 0 aromatic carbocycles. The van der Waals surface area contributed by atoms with Gasteiger partial charge in [-0.05, 0) is 37.0 Å². The zero-order valence-corrected chi connectivity index (χ0v) is 11.3. The molecule has 1 aliphatic carbocycles. The third-order valence-electron chi connectivity index (χ3n) is 3.62. The van der Waals surface area contributed by atoms with E-state index in [1.54, 1.807) is 11.2 Å². The van der Waals surface area contributed by atoms with Crippen LogP contribution in [-0.2, 0) is 11.3 Å². The number of hydrogen-bond donors (Lipinski definition) is 1. The van der Waals surface area contributed by atoms with Crippen molar-refractivity contribution in [2.24, 2.45) is 5.41 Å². The Kier molecular flexibility index (Phi) is 3.52. The molecule has 0 spiro atoms. The third-order valence-corrected chi connectivity index (χ3v) is 4.29. The van der Waals surface area contributed by atoms with E-state index in [2.05, 4.69) is 12.6 Å². The van der Waals surface area contributed by atoms with E-state index in [1.807, 2.05) is 20.0 Å². The third kappa shape index (κ3) is 2.86. The van der Waals surface area contributed by atoms with Gasteiger partial charge in [0.25, 0.3) is 0 Å². The number of rotatable bonds is 5. The molecule has 1 amide bonds. The molecule has 1 aliphatic rings. The lowest BCUT2D eigenvalue weighted by Gasteiger charge is -2.20. The molecule has 1 heterocycles. The normalized spacial score (nSPS) is 16.9. The van der Waals surface area contributed by atoms with Crippen molar-refractivity contribution in [3.63, 3.8) is 0 Å². The highest BCUT2D eigenvalue weighted by Gasteiger charge is 2.43. The maximum absolute atomic E-state index is 12.1. The van der Waals surface area contributed by atoms with Gasteiger partial charge in [0.15, 0.2) is 0 Å². The molecule has 1 saturated carbocycles. The van der Waals surface area contributed by atoms with E-state index in [9.17, 15) is 4.79 Å². The summed E-state index contributed by atoms with van der Waals surface area (Å²) in [6, 6.07) is 1.92.